The molecular weight excluding hydrogens is 228 g/mol. The number of hydrogen-bond acceptors (Lipinski definition) is 0. The third-order valence-corrected chi connectivity index (χ3v) is 4.68. The van der Waals surface area contributed by atoms with Crippen LogP contribution in [-0.4, -0.2) is 0 Å². The molecule has 19 heavy (non-hydrogen) atoms. The largest absolute Gasteiger partial charge is 0.0622 e. The molecule has 1 fully saturated rings. The van der Waals surface area contributed by atoms with E-state index in [-0.39, 0.29) is 0 Å². The Labute approximate surface area is 116 Å². The van der Waals surface area contributed by atoms with Crippen LogP contribution >= 0.6 is 0 Å². The lowest BCUT2D eigenvalue weighted by atomic mass is 10.0. The molecule has 0 nitrogen and oxygen atoms in total. The Morgan fingerprint density at radius 3 is 1.95 bits per heavy atom. The Hall–Kier alpha value is -1.56. The van der Waals surface area contributed by atoms with Crippen molar-refractivity contribution in [3.05, 3.63) is 71.8 Å². The topological polar surface area (TPSA) is 0 Å². The van der Waals surface area contributed by atoms with Crippen molar-refractivity contribution in [2.75, 3.05) is 0 Å². The minimum atomic E-state index is 0.906. The van der Waals surface area contributed by atoms with Gasteiger partial charge in [-0.1, -0.05) is 67.6 Å². The van der Waals surface area contributed by atoms with Gasteiger partial charge in [0.25, 0.3) is 0 Å². The summed E-state index contributed by atoms with van der Waals surface area (Å²) in [5.74, 6) is 2.75. The zero-order chi connectivity index (χ0) is 13.1. The number of benzene rings is 2. The van der Waals surface area contributed by atoms with Crippen LogP contribution in [0.2, 0.25) is 0 Å². The third-order valence-electron chi connectivity index (χ3n) is 4.68. The predicted octanol–water partition coefficient (Wildman–Crippen LogP) is 4.74. The Kier molecular flexibility index (Phi) is 3.68. The highest BCUT2D eigenvalue weighted by Crippen LogP contribution is 2.50. The molecule has 0 radical (unpaired) electrons. The van der Waals surface area contributed by atoms with Gasteiger partial charge in [0.2, 0.25) is 0 Å². The summed E-state index contributed by atoms with van der Waals surface area (Å²) in [5, 5.41) is 0. The van der Waals surface area contributed by atoms with Crippen molar-refractivity contribution >= 4 is 0 Å². The van der Waals surface area contributed by atoms with Gasteiger partial charge in [0.1, 0.15) is 0 Å². The Morgan fingerprint density at radius 1 is 0.737 bits per heavy atom. The van der Waals surface area contributed by atoms with Crippen LogP contribution in [0, 0.1) is 17.8 Å². The molecule has 0 spiro atoms. The molecule has 0 saturated heterocycles. The van der Waals surface area contributed by atoms with Crippen molar-refractivity contribution in [2.24, 2.45) is 17.8 Å². The lowest BCUT2D eigenvalue weighted by Crippen LogP contribution is -1.92. The first kappa shape index (κ1) is 12.5. The maximum absolute atomic E-state index is 2.42. The van der Waals surface area contributed by atoms with E-state index in [2.05, 4.69) is 67.6 Å². The van der Waals surface area contributed by atoms with Crippen molar-refractivity contribution in [1.82, 2.24) is 0 Å². The fraction of sp³-hybridized carbons (Fsp3) is 0.368. The molecule has 0 heterocycles. The second-order valence-electron chi connectivity index (χ2n) is 5.90. The van der Waals surface area contributed by atoms with Crippen LogP contribution in [0.4, 0.5) is 0 Å². The standard InChI is InChI=1S/C19H22/c1-15-18(13-12-16-8-4-2-5-9-16)19(15)14-17-10-6-3-7-11-17/h2-11,15,18-19H,12-14H2,1H3. The SMILES string of the molecule is CC1C(CCc2ccccc2)C1Cc1ccccc1. The number of hydrogen-bond donors (Lipinski definition) is 0. The molecule has 2 aromatic carbocycles. The summed E-state index contributed by atoms with van der Waals surface area (Å²) in [6.45, 7) is 2.42. The molecule has 1 aliphatic carbocycles. The number of aryl methyl sites for hydroxylation is 1. The molecule has 1 aliphatic rings. The van der Waals surface area contributed by atoms with E-state index in [4.69, 9.17) is 0 Å². The van der Waals surface area contributed by atoms with Gasteiger partial charge in [0.15, 0.2) is 0 Å². The minimum Gasteiger partial charge on any atom is -0.0622 e. The van der Waals surface area contributed by atoms with Crippen LogP contribution in [0.1, 0.15) is 24.5 Å². The van der Waals surface area contributed by atoms with Crippen LogP contribution in [0.15, 0.2) is 60.7 Å². The van der Waals surface area contributed by atoms with Crippen molar-refractivity contribution in [3.8, 4) is 0 Å². The maximum Gasteiger partial charge on any atom is -0.0245 e. The van der Waals surface area contributed by atoms with Crippen LogP contribution in [0.5, 0.6) is 0 Å². The fourth-order valence-corrected chi connectivity index (χ4v) is 3.32. The zero-order valence-corrected chi connectivity index (χ0v) is 11.6. The van der Waals surface area contributed by atoms with Crippen molar-refractivity contribution in [2.45, 2.75) is 26.2 Å². The third kappa shape index (κ3) is 3.07. The first-order valence-electron chi connectivity index (χ1n) is 7.42. The average molecular weight is 250 g/mol. The Balaban J connectivity index is 1.51. The summed E-state index contributed by atoms with van der Waals surface area (Å²) in [4.78, 5) is 0. The van der Waals surface area contributed by atoms with Crippen LogP contribution in [-0.2, 0) is 12.8 Å². The highest BCUT2D eigenvalue weighted by molar-refractivity contribution is 5.19. The van der Waals surface area contributed by atoms with E-state index in [1.54, 1.807) is 0 Å². The van der Waals surface area contributed by atoms with Gasteiger partial charge in [-0.2, -0.15) is 0 Å². The molecule has 3 atom stereocenters. The lowest BCUT2D eigenvalue weighted by Gasteiger charge is -2.02. The fourth-order valence-electron chi connectivity index (χ4n) is 3.32. The van der Waals surface area contributed by atoms with Crippen molar-refractivity contribution in [1.29, 1.82) is 0 Å². The summed E-state index contributed by atoms with van der Waals surface area (Å²) >= 11 is 0. The summed E-state index contributed by atoms with van der Waals surface area (Å²) in [5.41, 5.74) is 2.99. The zero-order valence-electron chi connectivity index (χ0n) is 11.6. The molecule has 0 aliphatic heterocycles. The van der Waals surface area contributed by atoms with E-state index in [1.165, 1.54) is 30.4 Å². The summed E-state index contributed by atoms with van der Waals surface area (Å²) in [6, 6.07) is 21.8. The monoisotopic (exact) mass is 250 g/mol. The molecule has 3 unspecified atom stereocenters. The molecule has 1 saturated carbocycles. The molecule has 0 aromatic heterocycles. The molecular formula is C19H22. The van der Waals surface area contributed by atoms with E-state index in [0.29, 0.717) is 0 Å². The number of rotatable bonds is 5. The minimum absolute atomic E-state index is 0.906. The predicted molar refractivity (Wildman–Crippen MR) is 81.1 cm³/mol. The van der Waals surface area contributed by atoms with E-state index in [0.717, 1.165) is 17.8 Å². The first-order valence-corrected chi connectivity index (χ1v) is 7.42. The normalized spacial score (nSPS) is 25.2. The highest BCUT2D eigenvalue weighted by atomic mass is 14.5. The van der Waals surface area contributed by atoms with E-state index >= 15 is 0 Å². The van der Waals surface area contributed by atoms with Gasteiger partial charge in [-0.05, 0) is 48.1 Å². The summed E-state index contributed by atoms with van der Waals surface area (Å²) in [6.07, 6.45) is 3.85. The van der Waals surface area contributed by atoms with Crippen LogP contribution < -0.4 is 0 Å². The molecule has 0 bridgehead atoms. The van der Waals surface area contributed by atoms with Gasteiger partial charge in [-0.15, -0.1) is 0 Å². The van der Waals surface area contributed by atoms with Gasteiger partial charge in [0, 0.05) is 0 Å². The van der Waals surface area contributed by atoms with Crippen LogP contribution in [0.3, 0.4) is 0 Å². The quantitative estimate of drug-likeness (QED) is 0.718. The lowest BCUT2D eigenvalue weighted by molar-refractivity contribution is 0.637. The molecule has 3 rings (SSSR count). The smallest absolute Gasteiger partial charge is 0.0245 e. The van der Waals surface area contributed by atoms with Gasteiger partial charge in [-0.3, -0.25) is 0 Å². The molecule has 98 valence electrons. The summed E-state index contributed by atoms with van der Waals surface area (Å²) in [7, 11) is 0. The maximum atomic E-state index is 2.42. The molecule has 0 N–H and O–H groups in total. The van der Waals surface area contributed by atoms with E-state index < -0.39 is 0 Å². The average Bonchev–Trinajstić information content (AvgIpc) is 3.08. The molecule has 0 heteroatoms. The Bertz CT molecular complexity index is 500. The van der Waals surface area contributed by atoms with Gasteiger partial charge in [-0.25, -0.2) is 0 Å². The van der Waals surface area contributed by atoms with Crippen molar-refractivity contribution in [3.63, 3.8) is 0 Å². The highest BCUT2D eigenvalue weighted by Gasteiger charge is 2.45. The second kappa shape index (κ2) is 5.61. The second-order valence-corrected chi connectivity index (χ2v) is 5.90. The van der Waals surface area contributed by atoms with E-state index in [9.17, 15) is 0 Å². The Morgan fingerprint density at radius 2 is 1.32 bits per heavy atom. The molecule has 2 aromatic rings. The van der Waals surface area contributed by atoms with Gasteiger partial charge < -0.3 is 0 Å². The van der Waals surface area contributed by atoms with Crippen LogP contribution in [0.25, 0.3) is 0 Å². The summed E-state index contributed by atoms with van der Waals surface area (Å²) < 4.78 is 0. The van der Waals surface area contributed by atoms with Crippen molar-refractivity contribution < 1.29 is 0 Å². The first-order chi connectivity index (χ1) is 9.34. The van der Waals surface area contributed by atoms with Gasteiger partial charge in [0.05, 0.1) is 0 Å². The molecule has 0 amide bonds. The van der Waals surface area contributed by atoms with Gasteiger partial charge >= 0.3 is 0 Å². The van der Waals surface area contributed by atoms with E-state index in [1.807, 2.05) is 0 Å².